The van der Waals surface area contributed by atoms with Crippen molar-refractivity contribution in [2.75, 3.05) is 13.2 Å². The predicted molar refractivity (Wildman–Crippen MR) is 81.8 cm³/mol. The molecule has 1 aromatic carbocycles. The van der Waals surface area contributed by atoms with Crippen LogP contribution in [0, 0.1) is 0 Å². The van der Waals surface area contributed by atoms with Gasteiger partial charge < -0.3 is 15.2 Å². The Hall–Kier alpha value is -0.900. The summed E-state index contributed by atoms with van der Waals surface area (Å²) < 4.78 is 5.78. The van der Waals surface area contributed by atoms with E-state index >= 15 is 0 Å². The number of aliphatic hydroxyl groups is 1. The number of ether oxygens (including phenoxy) is 1. The first-order valence-electron chi connectivity index (χ1n) is 7.84. The summed E-state index contributed by atoms with van der Waals surface area (Å²) in [4.78, 5) is 0. The largest absolute Gasteiger partial charge is 0.395 e. The van der Waals surface area contributed by atoms with Gasteiger partial charge in [0, 0.05) is 18.7 Å². The van der Waals surface area contributed by atoms with E-state index < -0.39 is 0 Å². The van der Waals surface area contributed by atoms with Crippen LogP contribution in [0.25, 0.3) is 0 Å². The van der Waals surface area contributed by atoms with Gasteiger partial charge in [0.15, 0.2) is 0 Å². The van der Waals surface area contributed by atoms with E-state index in [-0.39, 0.29) is 12.6 Å². The van der Waals surface area contributed by atoms with Crippen LogP contribution in [0.15, 0.2) is 30.3 Å². The van der Waals surface area contributed by atoms with Crippen molar-refractivity contribution in [3.8, 4) is 0 Å². The summed E-state index contributed by atoms with van der Waals surface area (Å²) in [5, 5.41) is 13.2. The maximum atomic E-state index is 9.59. The topological polar surface area (TPSA) is 41.5 Å². The summed E-state index contributed by atoms with van der Waals surface area (Å²) in [5.41, 5.74) is 1.27. The Bertz CT molecular complexity index is 367. The molecule has 1 aromatic rings. The van der Waals surface area contributed by atoms with E-state index in [0.717, 1.165) is 32.3 Å². The van der Waals surface area contributed by atoms with Crippen LogP contribution in [-0.2, 0) is 11.2 Å². The minimum absolute atomic E-state index is 0.141. The van der Waals surface area contributed by atoms with E-state index in [9.17, 15) is 5.11 Å². The molecule has 2 N–H and O–H groups in total. The fourth-order valence-electron chi connectivity index (χ4n) is 2.96. The SMILES string of the molecule is CCCC1CC(N[C@H](CO)Cc2ccccc2)CCO1. The van der Waals surface area contributed by atoms with Gasteiger partial charge in [0.05, 0.1) is 12.7 Å². The van der Waals surface area contributed by atoms with Gasteiger partial charge in [-0.2, -0.15) is 0 Å². The van der Waals surface area contributed by atoms with Crippen LogP contribution in [0.4, 0.5) is 0 Å². The summed E-state index contributed by atoms with van der Waals surface area (Å²) in [7, 11) is 0. The Balaban J connectivity index is 1.83. The Labute approximate surface area is 122 Å². The molecule has 0 saturated carbocycles. The van der Waals surface area contributed by atoms with Crippen molar-refractivity contribution in [1.29, 1.82) is 0 Å². The summed E-state index contributed by atoms with van der Waals surface area (Å²) in [5.74, 6) is 0. The van der Waals surface area contributed by atoms with Crippen molar-refractivity contribution in [3.63, 3.8) is 0 Å². The van der Waals surface area contributed by atoms with Crippen molar-refractivity contribution in [2.45, 2.75) is 57.2 Å². The van der Waals surface area contributed by atoms with E-state index in [1.807, 2.05) is 6.07 Å². The first kappa shape index (κ1) is 15.5. The molecule has 20 heavy (non-hydrogen) atoms. The predicted octanol–water partition coefficient (Wildman–Crippen LogP) is 2.53. The molecule has 0 amide bonds. The Kier molecular flexibility index (Phi) is 6.51. The number of nitrogens with one attached hydrogen (secondary N) is 1. The van der Waals surface area contributed by atoms with Crippen molar-refractivity contribution in [1.82, 2.24) is 5.32 Å². The second kappa shape index (κ2) is 8.40. The Morgan fingerprint density at radius 3 is 2.85 bits per heavy atom. The Morgan fingerprint density at radius 1 is 1.35 bits per heavy atom. The number of aliphatic hydroxyl groups excluding tert-OH is 1. The lowest BCUT2D eigenvalue weighted by Crippen LogP contribution is -2.46. The van der Waals surface area contributed by atoms with Crippen molar-refractivity contribution in [2.24, 2.45) is 0 Å². The highest BCUT2D eigenvalue weighted by molar-refractivity contribution is 5.16. The molecule has 0 radical (unpaired) electrons. The summed E-state index contributed by atoms with van der Waals surface area (Å²) in [6.07, 6.45) is 5.70. The highest BCUT2D eigenvalue weighted by Crippen LogP contribution is 2.18. The molecule has 3 nitrogen and oxygen atoms in total. The van der Waals surface area contributed by atoms with Crippen molar-refractivity contribution in [3.05, 3.63) is 35.9 Å². The number of rotatable bonds is 7. The highest BCUT2D eigenvalue weighted by Gasteiger charge is 2.23. The molecular formula is C17H27NO2. The number of benzene rings is 1. The second-order valence-corrected chi connectivity index (χ2v) is 5.74. The van der Waals surface area contributed by atoms with E-state index in [2.05, 4.69) is 36.5 Å². The molecule has 0 spiro atoms. The van der Waals surface area contributed by atoms with Gasteiger partial charge in [-0.1, -0.05) is 43.7 Å². The fraction of sp³-hybridized carbons (Fsp3) is 0.647. The molecule has 1 saturated heterocycles. The molecule has 1 aliphatic heterocycles. The van der Waals surface area contributed by atoms with E-state index in [1.165, 1.54) is 12.0 Å². The second-order valence-electron chi connectivity index (χ2n) is 5.74. The van der Waals surface area contributed by atoms with Gasteiger partial charge >= 0.3 is 0 Å². The average Bonchev–Trinajstić information content (AvgIpc) is 2.48. The molecule has 0 aromatic heterocycles. The molecule has 3 atom stereocenters. The molecule has 1 heterocycles. The minimum atomic E-state index is 0.141. The van der Waals surface area contributed by atoms with Gasteiger partial charge in [-0.15, -0.1) is 0 Å². The van der Waals surface area contributed by atoms with Crippen LogP contribution in [0.5, 0.6) is 0 Å². The fourth-order valence-corrected chi connectivity index (χ4v) is 2.96. The normalized spacial score (nSPS) is 24.5. The lowest BCUT2D eigenvalue weighted by Gasteiger charge is -2.32. The maximum Gasteiger partial charge on any atom is 0.0589 e. The zero-order chi connectivity index (χ0) is 14.2. The van der Waals surface area contributed by atoms with Crippen LogP contribution in [0.2, 0.25) is 0 Å². The molecule has 1 fully saturated rings. The highest BCUT2D eigenvalue weighted by atomic mass is 16.5. The quantitative estimate of drug-likeness (QED) is 0.805. The molecule has 3 heteroatoms. The van der Waals surface area contributed by atoms with Crippen LogP contribution in [0.1, 0.15) is 38.2 Å². The minimum Gasteiger partial charge on any atom is -0.395 e. The van der Waals surface area contributed by atoms with Gasteiger partial charge in [-0.3, -0.25) is 0 Å². The van der Waals surface area contributed by atoms with Crippen LogP contribution < -0.4 is 5.32 Å². The molecule has 0 bridgehead atoms. The first-order chi connectivity index (χ1) is 9.81. The third kappa shape index (κ3) is 4.89. The molecular weight excluding hydrogens is 250 g/mol. The van der Waals surface area contributed by atoms with Crippen LogP contribution in [-0.4, -0.2) is 36.5 Å². The summed E-state index contributed by atoms with van der Waals surface area (Å²) >= 11 is 0. The van der Waals surface area contributed by atoms with Gasteiger partial charge in [0.25, 0.3) is 0 Å². The first-order valence-corrected chi connectivity index (χ1v) is 7.84. The lowest BCUT2D eigenvalue weighted by atomic mass is 9.98. The lowest BCUT2D eigenvalue weighted by molar-refractivity contribution is -0.00625. The molecule has 1 aliphatic rings. The summed E-state index contributed by atoms with van der Waals surface area (Å²) in [6.45, 7) is 3.23. The van der Waals surface area contributed by atoms with Gasteiger partial charge in [-0.25, -0.2) is 0 Å². The molecule has 2 unspecified atom stereocenters. The van der Waals surface area contributed by atoms with E-state index in [4.69, 9.17) is 4.74 Å². The zero-order valence-electron chi connectivity index (χ0n) is 12.4. The third-order valence-electron chi connectivity index (χ3n) is 3.99. The van der Waals surface area contributed by atoms with Gasteiger partial charge in [0.1, 0.15) is 0 Å². The molecule has 0 aliphatic carbocycles. The third-order valence-corrected chi connectivity index (χ3v) is 3.99. The average molecular weight is 277 g/mol. The number of hydrogen-bond donors (Lipinski definition) is 2. The Morgan fingerprint density at radius 2 is 2.15 bits per heavy atom. The van der Waals surface area contributed by atoms with Gasteiger partial charge in [-0.05, 0) is 31.2 Å². The van der Waals surface area contributed by atoms with Crippen LogP contribution >= 0.6 is 0 Å². The molecule has 112 valence electrons. The van der Waals surface area contributed by atoms with Crippen LogP contribution in [0.3, 0.4) is 0 Å². The van der Waals surface area contributed by atoms with E-state index in [1.54, 1.807) is 0 Å². The summed E-state index contributed by atoms with van der Waals surface area (Å²) in [6, 6.07) is 11.0. The smallest absolute Gasteiger partial charge is 0.0589 e. The number of hydrogen-bond acceptors (Lipinski definition) is 3. The van der Waals surface area contributed by atoms with E-state index in [0.29, 0.717) is 12.1 Å². The monoisotopic (exact) mass is 277 g/mol. The van der Waals surface area contributed by atoms with Crippen molar-refractivity contribution >= 4 is 0 Å². The maximum absolute atomic E-state index is 9.59. The standard InChI is InChI=1S/C17H27NO2/c1-2-6-17-12-15(9-10-20-17)18-16(13-19)11-14-7-4-3-5-8-14/h3-5,7-8,15-19H,2,6,9-13H2,1H3/t15?,16-,17?/m0/s1. The van der Waals surface area contributed by atoms with Crippen molar-refractivity contribution < 1.29 is 9.84 Å². The molecule has 2 rings (SSSR count). The zero-order valence-corrected chi connectivity index (χ0v) is 12.4. The van der Waals surface area contributed by atoms with Gasteiger partial charge in [0.2, 0.25) is 0 Å².